The number of carbonyl (C=O) groups excluding carboxylic acids is 1. The molecule has 4 aromatic rings. The molecular formula is C25H21FN2O3S. The number of nitrogens with zero attached hydrogens (tertiary/aromatic N) is 1. The van der Waals surface area contributed by atoms with Gasteiger partial charge in [0.25, 0.3) is 5.91 Å². The normalized spacial score (nSPS) is 10.6. The predicted molar refractivity (Wildman–Crippen MR) is 122 cm³/mol. The summed E-state index contributed by atoms with van der Waals surface area (Å²) in [6, 6.07) is 21.3. The van der Waals surface area contributed by atoms with Crippen LogP contribution in [-0.4, -0.2) is 18.0 Å². The number of methoxy groups -OCH3 is 1. The van der Waals surface area contributed by atoms with Gasteiger partial charge in [0.05, 0.1) is 7.11 Å². The molecule has 7 heteroatoms. The van der Waals surface area contributed by atoms with E-state index in [2.05, 4.69) is 10.3 Å². The zero-order valence-electron chi connectivity index (χ0n) is 17.4. The van der Waals surface area contributed by atoms with Crippen LogP contribution < -0.4 is 14.8 Å². The van der Waals surface area contributed by atoms with Crippen LogP contribution in [0.25, 0.3) is 10.6 Å². The quantitative estimate of drug-likeness (QED) is 0.389. The molecule has 0 spiro atoms. The molecule has 1 heterocycles. The number of nitrogens with one attached hydrogen (secondary N) is 1. The van der Waals surface area contributed by atoms with Gasteiger partial charge in [0.1, 0.15) is 34.6 Å². The van der Waals surface area contributed by atoms with E-state index < -0.39 is 0 Å². The Morgan fingerprint density at radius 2 is 1.78 bits per heavy atom. The first-order chi connectivity index (χ1) is 15.6. The van der Waals surface area contributed by atoms with E-state index in [0.717, 1.165) is 33.2 Å². The molecule has 0 unspecified atom stereocenters. The van der Waals surface area contributed by atoms with Crippen LogP contribution in [0.1, 0.15) is 21.6 Å². The number of hydrogen-bond donors (Lipinski definition) is 1. The Balaban J connectivity index is 1.34. The summed E-state index contributed by atoms with van der Waals surface area (Å²) in [7, 11) is 1.64. The molecule has 4 rings (SSSR count). The topological polar surface area (TPSA) is 60.5 Å². The number of thiazole rings is 1. The Kier molecular flexibility index (Phi) is 6.77. The van der Waals surface area contributed by atoms with Crippen molar-refractivity contribution in [3.05, 3.63) is 101 Å². The third kappa shape index (κ3) is 5.50. The fourth-order valence-electron chi connectivity index (χ4n) is 3.01. The highest BCUT2D eigenvalue weighted by atomic mass is 32.1. The Labute approximate surface area is 189 Å². The molecule has 5 nitrogen and oxygen atoms in total. The molecule has 0 aliphatic rings. The summed E-state index contributed by atoms with van der Waals surface area (Å²) in [6.45, 7) is 0.747. The minimum atomic E-state index is -0.305. The summed E-state index contributed by atoms with van der Waals surface area (Å²) in [5.41, 5.74) is 3.09. The molecule has 0 bridgehead atoms. The number of aromatic nitrogens is 1. The van der Waals surface area contributed by atoms with Crippen molar-refractivity contribution in [1.29, 1.82) is 0 Å². The highest BCUT2D eigenvalue weighted by Crippen LogP contribution is 2.26. The first-order valence-corrected chi connectivity index (χ1v) is 10.8. The molecule has 0 atom stereocenters. The zero-order chi connectivity index (χ0) is 22.3. The van der Waals surface area contributed by atoms with Crippen molar-refractivity contribution in [1.82, 2.24) is 10.3 Å². The summed E-state index contributed by atoms with van der Waals surface area (Å²) >= 11 is 1.40. The van der Waals surface area contributed by atoms with E-state index in [4.69, 9.17) is 9.47 Å². The van der Waals surface area contributed by atoms with Crippen LogP contribution in [0, 0.1) is 5.82 Å². The molecule has 0 aliphatic heterocycles. The van der Waals surface area contributed by atoms with Crippen LogP contribution in [0.3, 0.4) is 0 Å². The molecule has 0 saturated carbocycles. The number of amides is 1. The minimum absolute atomic E-state index is 0.268. The number of benzene rings is 3. The van der Waals surface area contributed by atoms with Gasteiger partial charge in [-0.1, -0.05) is 24.3 Å². The molecule has 0 aliphatic carbocycles. The third-order valence-corrected chi connectivity index (χ3v) is 5.64. The Morgan fingerprint density at radius 3 is 2.53 bits per heavy atom. The van der Waals surface area contributed by atoms with Crippen molar-refractivity contribution in [3.8, 4) is 22.1 Å². The zero-order valence-corrected chi connectivity index (χ0v) is 18.2. The van der Waals surface area contributed by atoms with Gasteiger partial charge in [-0.05, 0) is 59.7 Å². The fraction of sp³-hybridized carbons (Fsp3) is 0.120. The van der Waals surface area contributed by atoms with Crippen LogP contribution >= 0.6 is 11.3 Å². The van der Waals surface area contributed by atoms with E-state index in [1.807, 2.05) is 48.5 Å². The van der Waals surface area contributed by atoms with Gasteiger partial charge in [0.15, 0.2) is 0 Å². The van der Waals surface area contributed by atoms with Crippen molar-refractivity contribution >= 4 is 17.2 Å². The number of hydrogen-bond acceptors (Lipinski definition) is 5. The molecule has 1 aromatic heterocycles. The molecular weight excluding hydrogens is 427 g/mol. The van der Waals surface area contributed by atoms with Gasteiger partial charge >= 0.3 is 0 Å². The molecule has 32 heavy (non-hydrogen) atoms. The van der Waals surface area contributed by atoms with Gasteiger partial charge < -0.3 is 14.8 Å². The van der Waals surface area contributed by atoms with Crippen molar-refractivity contribution in [2.75, 3.05) is 7.11 Å². The van der Waals surface area contributed by atoms with Crippen LogP contribution in [0.15, 0.2) is 78.2 Å². The van der Waals surface area contributed by atoms with Crippen molar-refractivity contribution in [2.24, 2.45) is 0 Å². The lowest BCUT2D eigenvalue weighted by molar-refractivity contribution is 0.0946. The largest absolute Gasteiger partial charge is 0.497 e. The second kappa shape index (κ2) is 10.1. The van der Waals surface area contributed by atoms with E-state index in [1.165, 1.54) is 23.5 Å². The smallest absolute Gasteiger partial charge is 0.271 e. The van der Waals surface area contributed by atoms with Gasteiger partial charge in [-0.15, -0.1) is 11.3 Å². The van der Waals surface area contributed by atoms with E-state index in [-0.39, 0.29) is 11.7 Å². The second-order valence-electron chi connectivity index (χ2n) is 7.01. The van der Waals surface area contributed by atoms with Crippen LogP contribution in [0.2, 0.25) is 0 Å². The van der Waals surface area contributed by atoms with Gasteiger partial charge in [0, 0.05) is 17.5 Å². The van der Waals surface area contributed by atoms with Crippen LogP contribution in [0.5, 0.6) is 11.5 Å². The van der Waals surface area contributed by atoms with E-state index in [0.29, 0.717) is 18.8 Å². The van der Waals surface area contributed by atoms with Crippen molar-refractivity contribution < 1.29 is 18.7 Å². The average molecular weight is 449 g/mol. The Hall–Kier alpha value is -3.71. The summed E-state index contributed by atoms with van der Waals surface area (Å²) in [4.78, 5) is 16.8. The number of ether oxygens (including phenoxy) is 2. The lowest BCUT2D eigenvalue weighted by atomic mass is 10.2. The van der Waals surface area contributed by atoms with Crippen molar-refractivity contribution in [2.45, 2.75) is 13.2 Å². The second-order valence-corrected chi connectivity index (χ2v) is 7.87. The maximum absolute atomic E-state index is 13.0. The average Bonchev–Trinajstić information content (AvgIpc) is 3.33. The molecule has 1 amide bonds. The van der Waals surface area contributed by atoms with Crippen LogP contribution in [-0.2, 0) is 13.2 Å². The summed E-state index contributed by atoms with van der Waals surface area (Å²) in [5, 5.41) is 5.27. The maximum Gasteiger partial charge on any atom is 0.271 e. The Bertz CT molecular complexity index is 1190. The van der Waals surface area contributed by atoms with Crippen LogP contribution in [0.4, 0.5) is 4.39 Å². The van der Waals surface area contributed by atoms with Gasteiger partial charge in [-0.25, -0.2) is 9.37 Å². The summed E-state index contributed by atoms with van der Waals surface area (Å²) in [5.74, 6) is 0.962. The minimum Gasteiger partial charge on any atom is -0.497 e. The lowest BCUT2D eigenvalue weighted by Gasteiger charge is -2.08. The standard InChI is InChI=1S/C25H21FN2O3S/c1-30-22-4-2-3-18(13-22)15-31-21-11-7-19(8-12-21)25-28-23(16-32-25)24(29)27-14-17-5-9-20(26)10-6-17/h2-13,16H,14-15H2,1H3,(H,27,29). The predicted octanol–water partition coefficient (Wildman–Crippen LogP) is 5.47. The molecule has 0 fully saturated rings. The first kappa shape index (κ1) is 21.5. The van der Waals surface area contributed by atoms with Gasteiger partial charge in [-0.3, -0.25) is 4.79 Å². The van der Waals surface area contributed by atoms with Crippen molar-refractivity contribution in [3.63, 3.8) is 0 Å². The third-order valence-electron chi connectivity index (χ3n) is 4.74. The number of rotatable bonds is 8. The van der Waals surface area contributed by atoms with Gasteiger partial charge in [-0.2, -0.15) is 0 Å². The summed E-state index contributed by atoms with van der Waals surface area (Å²) < 4.78 is 24.1. The molecule has 3 aromatic carbocycles. The number of halogens is 1. The number of carbonyl (C=O) groups is 1. The Morgan fingerprint density at radius 1 is 1.00 bits per heavy atom. The highest BCUT2D eigenvalue weighted by molar-refractivity contribution is 7.13. The molecule has 162 valence electrons. The summed E-state index contributed by atoms with van der Waals surface area (Å²) in [6.07, 6.45) is 0. The lowest BCUT2D eigenvalue weighted by Crippen LogP contribution is -2.23. The highest BCUT2D eigenvalue weighted by Gasteiger charge is 2.12. The SMILES string of the molecule is COc1cccc(COc2ccc(-c3nc(C(=O)NCc4ccc(F)cc4)cs3)cc2)c1. The van der Waals surface area contributed by atoms with E-state index >= 15 is 0 Å². The fourth-order valence-corrected chi connectivity index (χ4v) is 3.81. The first-order valence-electron chi connectivity index (χ1n) is 9.95. The van der Waals surface area contributed by atoms with Gasteiger partial charge in [0.2, 0.25) is 0 Å². The molecule has 0 saturated heterocycles. The molecule has 1 N–H and O–H groups in total. The monoisotopic (exact) mass is 448 g/mol. The maximum atomic E-state index is 13.0. The van der Waals surface area contributed by atoms with E-state index in [1.54, 1.807) is 24.6 Å². The molecule has 0 radical (unpaired) electrons. The van der Waals surface area contributed by atoms with E-state index in [9.17, 15) is 9.18 Å².